The Labute approximate surface area is 110 Å². The van der Waals surface area contributed by atoms with E-state index in [0.29, 0.717) is 0 Å². The zero-order valence-corrected chi connectivity index (χ0v) is 11.3. The van der Waals surface area contributed by atoms with Gasteiger partial charge >= 0.3 is 11.1 Å². The van der Waals surface area contributed by atoms with E-state index in [1.807, 2.05) is 23.8 Å². The summed E-state index contributed by atoms with van der Waals surface area (Å²) < 4.78 is 1.08. The first kappa shape index (κ1) is 15.1. The third-order valence-electron chi connectivity index (χ3n) is 2.83. The molecule has 0 aliphatic rings. The summed E-state index contributed by atoms with van der Waals surface area (Å²) in [6.07, 6.45) is 0.567. The van der Waals surface area contributed by atoms with E-state index in [1.165, 1.54) is 6.33 Å². The Morgan fingerprint density at radius 3 is 2.68 bits per heavy atom. The highest BCUT2D eigenvalue weighted by Gasteiger charge is 2.13. The number of aromatic nitrogens is 3. The summed E-state index contributed by atoms with van der Waals surface area (Å²) in [5.41, 5.74) is -1.56. The molecule has 1 rings (SSSR count). The maximum atomic E-state index is 11.8. The van der Waals surface area contributed by atoms with Crippen molar-refractivity contribution in [3.05, 3.63) is 27.0 Å². The first-order valence-corrected chi connectivity index (χ1v) is 6.17. The number of nitrogens with zero attached hydrogens (tertiary/aromatic N) is 3. The zero-order chi connectivity index (χ0) is 14.4. The van der Waals surface area contributed by atoms with Crippen LogP contribution in [0.1, 0.15) is 26.9 Å². The van der Waals surface area contributed by atoms with Crippen LogP contribution in [-0.4, -0.2) is 45.2 Å². The van der Waals surface area contributed by atoms with Crippen LogP contribution in [0.3, 0.4) is 0 Å². The van der Waals surface area contributed by atoms with Crippen molar-refractivity contribution in [3.8, 4) is 0 Å². The van der Waals surface area contributed by atoms with Crippen LogP contribution in [0, 0.1) is 0 Å². The van der Waals surface area contributed by atoms with E-state index in [0.717, 1.165) is 17.7 Å². The molecule has 0 saturated carbocycles. The molecule has 106 valence electrons. The van der Waals surface area contributed by atoms with Gasteiger partial charge in [0.05, 0.1) is 6.54 Å². The quantitative estimate of drug-likeness (QED) is 0.639. The van der Waals surface area contributed by atoms with Gasteiger partial charge in [-0.3, -0.25) is 23.9 Å². The predicted octanol–water partition coefficient (Wildman–Crippen LogP) is -1.09. The van der Waals surface area contributed by atoms with E-state index < -0.39 is 17.3 Å². The Morgan fingerprint density at radius 2 is 2.11 bits per heavy atom. The Morgan fingerprint density at radius 1 is 1.47 bits per heavy atom. The maximum absolute atomic E-state index is 11.8. The first-order valence-electron chi connectivity index (χ1n) is 6.17. The molecule has 1 aromatic heterocycles. The SMILES string of the molecule is CCN(CC)CC(=O)NC(C)n1cn[nH]c(=O)c1=O. The molecular formula is C11H19N5O3. The predicted molar refractivity (Wildman–Crippen MR) is 69.8 cm³/mol. The molecule has 1 heterocycles. The highest BCUT2D eigenvalue weighted by atomic mass is 16.2. The summed E-state index contributed by atoms with van der Waals surface area (Å²) in [5, 5.41) is 8.22. The number of amides is 1. The summed E-state index contributed by atoms with van der Waals surface area (Å²) in [6.45, 7) is 7.33. The van der Waals surface area contributed by atoms with Gasteiger partial charge in [-0.25, -0.2) is 5.10 Å². The lowest BCUT2D eigenvalue weighted by Crippen LogP contribution is -2.45. The molecule has 0 saturated heterocycles. The summed E-state index contributed by atoms with van der Waals surface area (Å²) in [5.74, 6) is -0.205. The normalized spacial score (nSPS) is 12.4. The van der Waals surface area contributed by atoms with Gasteiger partial charge in [-0.05, 0) is 20.0 Å². The number of hydrogen-bond donors (Lipinski definition) is 2. The fourth-order valence-electron chi connectivity index (χ4n) is 1.64. The Hall–Kier alpha value is -1.96. The minimum Gasteiger partial charge on any atom is -0.335 e. The molecule has 0 aliphatic carbocycles. The number of nitrogens with one attached hydrogen (secondary N) is 2. The van der Waals surface area contributed by atoms with Crippen LogP contribution < -0.4 is 16.4 Å². The van der Waals surface area contributed by atoms with E-state index in [1.54, 1.807) is 6.92 Å². The van der Waals surface area contributed by atoms with E-state index in [-0.39, 0.29) is 12.5 Å². The van der Waals surface area contributed by atoms with Crippen molar-refractivity contribution in [3.63, 3.8) is 0 Å². The molecule has 1 unspecified atom stereocenters. The van der Waals surface area contributed by atoms with E-state index in [4.69, 9.17) is 0 Å². The molecule has 8 nitrogen and oxygen atoms in total. The van der Waals surface area contributed by atoms with Gasteiger partial charge in [0, 0.05) is 0 Å². The average Bonchev–Trinajstić information content (AvgIpc) is 2.38. The van der Waals surface area contributed by atoms with Crippen molar-refractivity contribution < 1.29 is 4.79 Å². The molecule has 1 atom stereocenters. The van der Waals surface area contributed by atoms with Gasteiger partial charge in [-0.2, -0.15) is 5.10 Å². The summed E-state index contributed by atoms with van der Waals surface area (Å²) in [6, 6.07) is 0. The van der Waals surface area contributed by atoms with Crippen LogP contribution in [-0.2, 0) is 4.79 Å². The monoisotopic (exact) mass is 269 g/mol. The van der Waals surface area contributed by atoms with Gasteiger partial charge in [0.2, 0.25) is 5.91 Å². The van der Waals surface area contributed by atoms with Crippen LogP contribution in [0.4, 0.5) is 0 Å². The topological polar surface area (TPSA) is 100 Å². The average molecular weight is 269 g/mol. The molecule has 2 N–H and O–H groups in total. The maximum Gasteiger partial charge on any atom is 0.330 e. The van der Waals surface area contributed by atoms with Crippen molar-refractivity contribution in [2.45, 2.75) is 26.9 Å². The summed E-state index contributed by atoms with van der Waals surface area (Å²) >= 11 is 0. The van der Waals surface area contributed by atoms with Crippen molar-refractivity contribution >= 4 is 5.91 Å². The fraction of sp³-hybridized carbons (Fsp3) is 0.636. The van der Waals surface area contributed by atoms with E-state index >= 15 is 0 Å². The molecule has 1 amide bonds. The zero-order valence-electron chi connectivity index (χ0n) is 11.3. The highest BCUT2D eigenvalue weighted by Crippen LogP contribution is 1.95. The Bertz CT molecular complexity index is 532. The summed E-state index contributed by atoms with van der Waals surface area (Å²) in [4.78, 5) is 36.4. The molecular weight excluding hydrogens is 250 g/mol. The Balaban J connectivity index is 2.72. The molecule has 0 radical (unpaired) electrons. The van der Waals surface area contributed by atoms with Gasteiger partial charge in [0.1, 0.15) is 12.5 Å². The third-order valence-corrected chi connectivity index (χ3v) is 2.83. The molecule has 0 spiro atoms. The van der Waals surface area contributed by atoms with Gasteiger partial charge in [-0.15, -0.1) is 0 Å². The van der Waals surface area contributed by atoms with Gasteiger partial charge < -0.3 is 5.32 Å². The van der Waals surface area contributed by atoms with Crippen LogP contribution in [0.15, 0.2) is 15.9 Å². The fourth-order valence-corrected chi connectivity index (χ4v) is 1.64. The number of hydrogen-bond acceptors (Lipinski definition) is 5. The minimum absolute atomic E-state index is 0.205. The van der Waals surface area contributed by atoms with Crippen LogP contribution in [0.25, 0.3) is 0 Å². The molecule has 0 aromatic carbocycles. The number of carbonyl (C=O) groups excluding carboxylic acids is 1. The lowest BCUT2D eigenvalue weighted by molar-refractivity contribution is -0.123. The number of carbonyl (C=O) groups is 1. The molecule has 0 fully saturated rings. The largest absolute Gasteiger partial charge is 0.335 e. The number of likely N-dealkylation sites (N-methyl/N-ethyl adjacent to an activating group) is 1. The third kappa shape index (κ3) is 4.02. The highest BCUT2D eigenvalue weighted by molar-refractivity contribution is 5.78. The van der Waals surface area contributed by atoms with Crippen molar-refractivity contribution in [2.24, 2.45) is 0 Å². The number of H-pyrrole nitrogens is 1. The molecule has 0 bridgehead atoms. The van der Waals surface area contributed by atoms with Crippen LogP contribution in [0.2, 0.25) is 0 Å². The van der Waals surface area contributed by atoms with Gasteiger partial charge in [0.25, 0.3) is 0 Å². The molecule has 19 heavy (non-hydrogen) atoms. The first-order chi connectivity index (χ1) is 8.99. The smallest absolute Gasteiger partial charge is 0.330 e. The van der Waals surface area contributed by atoms with E-state index in [9.17, 15) is 14.4 Å². The lowest BCUT2D eigenvalue weighted by Gasteiger charge is -2.20. The molecule has 1 aromatic rings. The second kappa shape index (κ2) is 6.83. The summed E-state index contributed by atoms with van der Waals surface area (Å²) in [7, 11) is 0. The number of aromatic amines is 1. The molecule has 0 aliphatic heterocycles. The van der Waals surface area contributed by atoms with Gasteiger partial charge in [0.15, 0.2) is 0 Å². The van der Waals surface area contributed by atoms with Crippen molar-refractivity contribution in [1.82, 2.24) is 25.0 Å². The molecule has 8 heteroatoms. The minimum atomic E-state index is -0.813. The van der Waals surface area contributed by atoms with Gasteiger partial charge in [-0.1, -0.05) is 13.8 Å². The van der Waals surface area contributed by atoms with E-state index in [2.05, 4.69) is 10.4 Å². The number of rotatable bonds is 6. The second-order valence-corrected chi connectivity index (χ2v) is 4.10. The van der Waals surface area contributed by atoms with Crippen molar-refractivity contribution in [2.75, 3.05) is 19.6 Å². The second-order valence-electron chi connectivity index (χ2n) is 4.10. The van der Waals surface area contributed by atoms with Crippen LogP contribution in [0.5, 0.6) is 0 Å². The Kier molecular flexibility index (Phi) is 5.43. The standard InChI is InChI=1S/C11H19N5O3/c1-4-15(5-2)6-9(17)13-8(3)16-7-12-14-10(18)11(16)19/h7-8H,4-6H2,1-3H3,(H,13,17)(H,14,18). The van der Waals surface area contributed by atoms with Crippen molar-refractivity contribution in [1.29, 1.82) is 0 Å². The van der Waals surface area contributed by atoms with Crippen LogP contribution >= 0.6 is 0 Å². The lowest BCUT2D eigenvalue weighted by atomic mass is 10.4.